The molecular formula is C14H21N3O2. The molecule has 1 aliphatic heterocycles. The van der Waals surface area contributed by atoms with Crippen LogP contribution in [-0.2, 0) is 4.79 Å². The molecule has 0 bridgehead atoms. The molecule has 0 saturated carbocycles. The molecular weight excluding hydrogens is 242 g/mol. The van der Waals surface area contributed by atoms with Gasteiger partial charge in [-0.2, -0.15) is 0 Å². The number of piperazine rings is 1. The highest BCUT2D eigenvalue weighted by Crippen LogP contribution is 2.18. The molecule has 3 N–H and O–H groups in total. The number of nitrogens with zero attached hydrogens (tertiary/aromatic N) is 1. The Bertz CT molecular complexity index is 460. The monoisotopic (exact) mass is 263 g/mol. The molecule has 0 spiro atoms. The zero-order valence-corrected chi connectivity index (χ0v) is 11.5. The van der Waals surface area contributed by atoms with Crippen LogP contribution in [0.25, 0.3) is 0 Å². The molecule has 0 atom stereocenters. The summed E-state index contributed by atoms with van der Waals surface area (Å²) in [5.74, 6) is 0.835. The standard InChI is InChI=1S/C14H21N3O2/c1-14(2)13(18)16-6-7-17(14)8-9-19-12-5-3-4-11(15)10-12/h3-5,10H,6-9,15H2,1-2H3,(H,16,18). The Kier molecular flexibility index (Phi) is 3.95. The fourth-order valence-electron chi connectivity index (χ4n) is 2.21. The molecule has 1 aliphatic rings. The molecule has 104 valence electrons. The molecule has 1 heterocycles. The molecule has 1 amide bonds. The Morgan fingerprint density at radius 1 is 1.47 bits per heavy atom. The predicted octanol–water partition coefficient (Wildman–Crippen LogP) is 0.858. The largest absolute Gasteiger partial charge is 0.492 e. The van der Waals surface area contributed by atoms with E-state index in [2.05, 4.69) is 10.2 Å². The van der Waals surface area contributed by atoms with Crippen molar-refractivity contribution in [2.75, 3.05) is 32.0 Å². The van der Waals surface area contributed by atoms with Gasteiger partial charge in [0.05, 0.1) is 5.54 Å². The Balaban J connectivity index is 1.87. The van der Waals surface area contributed by atoms with Gasteiger partial charge in [0, 0.05) is 31.4 Å². The van der Waals surface area contributed by atoms with E-state index in [1.165, 1.54) is 0 Å². The number of hydrogen-bond donors (Lipinski definition) is 2. The summed E-state index contributed by atoms with van der Waals surface area (Å²) >= 11 is 0. The summed E-state index contributed by atoms with van der Waals surface area (Å²) < 4.78 is 5.66. The third kappa shape index (κ3) is 3.17. The number of nitrogens with two attached hydrogens (primary N) is 1. The fourth-order valence-corrected chi connectivity index (χ4v) is 2.21. The fraction of sp³-hybridized carbons (Fsp3) is 0.500. The first-order valence-corrected chi connectivity index (χ1v) is 6.52. The Morgan fingerprint density at radius 3 is 3.00 bits per heavy atom. The van der Waals surface area contributed by atoms with E-state index in [0.29, 0.717) is 18.8 Å². The van der Waals surface area contributed by atoms with Gasteiger partial charge in [-0.15, -0.1) is 0 Å². The second kappa shape index (κ2) is 5.48. The van der Waals surface area contributed by atoms with Crippen LogP contribution in [0.15, 0.2) is 24.3 Å². The third-order valence-corrected chi connectivity index (χ3v) is 3.50. The minimum Gasteiger partial charge on any atom is -0.492 e. The molecule has 0 radical (unpaired) electrons. The van der Waals surface area contributed by atoms with E-state index in [9.17, 15) is 4.79 Å². The SMILES string of the molecule is CC1(C)C(=O)NCCN1CCOc1cccc(N)c1. The van der Waals surface area contributed by atoms with Crippen molar-refractivity contribution < 1.29 is 9.53 Å². The van der Waals surface area contributed by atoms with E-state index < -0.39 is 5.54 Å². The van der Waals surface area contributed by atoms with Crippen molar-refractivity contribution in [2.24, 2.45) is 0 Å². The van der Waals surface area contributed by atoms with Gasteiger partial charge in [-0.1, -0.05) is 6.07 Å². The van der Waals surface area contributed by atoms with Gasteiger partial charge in [0.2, 0.25) is 5.91 Å². The molecule has 0 aromatic heterocycles. The van der Waals surface area contributed by atoms with Crippen LogP contribution < -0.4 is 15.8 Å². The summed E-state index contributed by atoms with van der Waals surface area (Å²) in [6.45, 7) is 6.67. The maximum atomic E-state index is 11.8. The van der Waals surface area contributed by atoms with Crippen LogP contribution in [0.3, 0.4) is 0 Å². The van der Waals surface area contributed by atoms with Crippen molar-refractivity contribution in [1.82, 2.24) is 10.2 Å². The molecule has 19 heavy (non-hydrogen) atoms. The highest BCUT2D eigenvalue weighted by Gasteiger charge is 2.37. The van der Waals surface area contributed by atoms with E-state index in [-0.39, 0.29) is 5.91 Å². The first-order chi connectivity index (χ1) is 9.00. The maximum Gasteiger partial charge on any atom is 0.240 e. The molecule has 0 aliphatic carbocycles. The topological polar surface area (TPSA) is 67.6 Å². The van der Waals surface area contributed by atoms with Crippen LogP contribution in [0.4, 0.5) is 5.69 Å². The van der Waals surface area contributed by atoms with Crippen LogP contribution >= 0.6 is 0 Å². The van der Waals surface area contributed by atoms with Crippen molar-refractivity contribution in [3.05, 3.63) is 24.3 Å². The Labute approximate surface area is 113 Å². The second-order valence-corrected chi connectivity index (χ2v) is 5.22. The van der Waals surface area contributed by atoms with E-state index >= 15 is 0 Å². The smallest absolute Gasteiger partial charge is 0.240 e. The number of rotatable bonds is 4. The van der Waals surface area contributed by atoms with Crippen molar-refractivity contribution in [3.8, 4) is 5.75 Å². The lowest BCUT2D eigenvalue weighted by atomic mass is 9.99. The van der Waals surface area contributed by atoms with E-state index in [4.69, 9.17) is 10.5 Å². The normalized spacial score (nSPS) is 18.9. The van der Waals surface area contributed by atoms with Gasteiger partial charge in [0.25, 0.3) is 0 Å². The van der Waals surface area contributed by atoms with Gasteiger partial charge >= 0.3 is 0 Å². The van der Waals surface area contributed by atoms with Gasteiger partial charge in [0.1, 0.15) is 12.4 Å². The summed E-state index contributed by atoms with van der Waals surface area (Å²) in [6, 6.07) is 7.37. The first-order valence-electron chi connectivity index (χ1n) is 6.52. The summed E-state index contributed by atoms with van der Waals surface area (Å²) in [6.07, 6.45) is 0. The Morgan fingerprint density at radius 2 is 2.26 bits per heavy atom. The molecule has 2 rings (SSSR count). The second-order valence-electron chi connectivity index (χ2n) is 5.22. The third-order valence-electron chi connectivity index (χ3n) is 3.50. The lowest BCUT2D eigenvalue weighted by Gasteiger charge is -2.41. The quantitative estimate of drug-likeness (QED) is 0.791. The number of hydrogen-bond acceptors (Lipinski definition) is 4. The Hall–Kier alpha value is -1.75. The van der Waals surface area contributed by atoms with Gasteiger partial charge in [-0.25, -0.2) is 0 Å². The van der Waals surface area contributed by atoms with Crippen LogP contribution in [0.5, 0.6) is 5.75 Å². The number of ether oxygens (including phenoxy) is 1. The average Bonchev–Trinajstić information content (AvgIpc) is 2.35. The number of benzene rings is 1. The van der Waals surface area contributed by atoms with Crippen LogP contribution in [0, 0.1) is 0 Å². The summed E-state index contributed by atoms with van der Waals surface area (Å²) in [5.41, 5.74) is 5.91. The van der Waals surface area contributed by atoms with Gasteiger partial charge in [0.15, 0.2) is 0 Å². The number of anilines is 1. The summed E-state index contributed by atoms with van der Waals surface area (Å²) in [4.78, 5) is 13.9. The summed E-state index contributed by atoms with van der Waals surface area (Å²) in [7, 11) is 0. The average molecular weight is 263 g/mol. The maximum absolute atomic E-state index is 11.8. The van der Waals surface area contributed by atoms with Gasteiger partial charge in [-0.05, 0) is 26.0 Å². The summed E-state index contributed by atoms with van der Waals surface area (Å²) in [5, 5.41) is 2.88. The highest BCUT2D eigenvalue weighted by atomic mass is 16.5. The van der Waals surface area contributed by atoms with E-state index in [0.717, 1.165) is 18.8 Å². The molecule has 0 unspecified atom stereocenters. The molecule has 1 saturated heterocycles. The van der Waals surface area contributed by atoms with Crippen LogP contribution in [0.1, 0.15) is 13.8 Å². The van der Waals surface area contributed by atoms with E-state index in [1.807, 2.05) is 32.0 Å². The zero-order valence-electron chi connectivity index (χ0n) is 11.5. The number of nitrogen functional groups attached to an aromatic ring is 1. The van der Waals surface area contributed by atoms with E-state index in [1.54, 1.807) is 6.07 Å². The molecule has 1 aromatic carbocycles. The van der Waals surface area contributed by atoms with Crippen LogP contribution in [-0.4, -0.2) is 42.6 Å². The van der Waals surface area contributed by atoms with Gasteiger partial charge < -0.3 is 15.8 Å². The number of carbonyl (C=O) groups is 1. The molecule has 5 nitrogen and oxygen atoms in total. The molecule has 1 fully saturated rings. The number of amides is 1. The lowest BCUT2D eigenvalue weighted by molar-refractivity contribution is -0.135. The van der Waals surface area contributed by atoms with Crippen molar-refractivity contribution in [3.63, 3.8) is 0 Å². The van der Waals surface area contributed by atoms with Crippen molar-refractivity contribution in [2.45, 2.75) is 19.4 Å². The molecule has 1 aromatic rings. The minimum absolute atomic E-state index is 0.0719. The number of carbonyl (C=O) groups excluding carboxylic acids is 1. The first kappa shape index (κ1) is 13.7. The zero-order chi connectivity index (χ0) is 13.9. The van der Waals surface area contributed by atoms with Crippen molar-refractivity contribution >= 4 is 11.6 Å². The van der Waals surface area contributed by atoms with Gasteiger partial charge in [-0.3, -0.25) is 9.69 Å². The van der Waals surface area contributed by atoms with Crippen molar-refractivity contribution in [1.29, 1.82) is 0 Å². The highest BCUT2D eigenvalue weighted by molar-refractivity contribution is 5.86. The predicted molar refractivity (Wildman–Crippen MR) is 75.0 cm³/mol. The lowest BCUT2D eigenvalue weighted by Crippen LogP contribution is -2.62. The molecule has 5 heteroatoms. The number of nitrogens with one attached hydrogen (secondary N) is 1. The minimum atomic E-state index is -0.475. The van der Waals surface area contributed by atoms with Crippen LogP contribution in [0.2, 0.25) is 0 Å².